The first-order valence-corrected chi connectivity index (χ1v) is 12.5. The number of amides is 1. The summed E-state index contributed by atoms with van der Waals surface area (Å²) in [5.74, 6) is 3.74. The molecule has 0 aromatic heterocycles. The second-order valence-electron chi connectivity index (χ2n) is 8.47. The van der Waals surface area contributed by atoms with Crippen LogP contribution in [0.4, 0.5) is 0 Å². The Morgan fingerprint density at radius 3 is 2.04 bits per heavy atom. The average molecular weight is 402 g/mol. The van der Waals surface area contributed by atoms with Crippen LogP contribution < -0.4 is 0 Å². The predicted molar refractivity (Wildman–Crippen MR) is 121 cm³/mol. The maximum Gasteiger partial charge on any atom is 0.222 e. The topological polar surface area (TPSA) is 40.5 Å². The quantitative estimate of drug-likeness (QED) is 0.280. The fourth-order valence-electron chi connectivity index (χ4n) is 3.65. The minimum absolute atomic E-state index is 0.143. The summed E-state index contributed by atoms with van der Waals surface area (Å²) < 4.78 is 0. The van der Waals surface area contributed by atoms with Gasteiger partial charge in [0.2, 0.25) is 5.91 Å². The summed E-state index contributed by atoms with van der Waals surface area (Å²) in [6.07, 6.45) is 13.5. The molecule has 3 nitrogen and oxygen atoms in total. The number of thioether (sulfide) groups is 1. The second kappa shape index (κ2) is 17.8. The van der Waals surface area contributed by atoms with Crippen LogP contribution in [-0.4, -0.2) is 47.6 Å². The summed E-state index contributed by atoms with van der Waals surface area (Å²) in [6, 6.07) is 0. The van der Waals surface area contributed by atoms with Gasteiger partial charge >= 0.3 is 0 Å². The lowest BCUT2D eigenvalue weighted by atomic mass is 9.83. The summed E-state index contributed by atoms with van der Waals surface area (Å²) in [6.45, 7) is 6.72. The molecule has 4 heteroatoms. The number of carbonyl (C=O) groups is 1. The fraction of sp³-hybridized carbons (Fsp3) is 0.957. The molecule has 0 fully saturated rings. The van der Waals surface area contributed by atoms with E-state index in [4.69, 9.17) is 0 Å². The van der Waals surface area contributed by atoms with E-state index in [1.807, 2.05) is 25.9 Å². The lowest BCUT2D eigenvalue weighted by molar-refractivity contribution is -0.128. The van der Waals surface area contributed by atoms with Crippen LogP contribution in [0.5, 0.6) is 0 Å². The number of unbranched alkanes of at least 4 members (excludes halogenated alkanes) is 7. The molecule has 0 rings (SSSR count). The zero-order valence-electron chi connectivity index (χ0n) is 18.8. The summed E-state index contributed by atoms with van der Waals surface area (Å²) in [5, 5.41) is 10.6. The van der Waals surface area contributed by atoms with Gasteiger partial charge < -0.3 is 10.0 Å². The molecule has 0 aromatic carbocycles. The number of nitrogens with zero attached hydrogens (tertiary/aromatic N) is 1. The van der Waals surface area contributed by atoms with Crippen molar-refractivity contribution in [1.82, 2.24) is 4.90 Å². The van der Waals surface area contributed by atoms with Gasteiger partial charge in [0.1, 0.15) is 0 Å². The Morgan fingerprint density at radius 1 is 0.889 bits per heavy atom. The van der Waals surface area contributed by atoms with Gasteiger partial charge in [-0.1, -0.05) is 65.7 Å². The van der Waals surface area contributed by atoms with Gasteiger partial charge in [-0.05, 0) is 49.0 Å². The lowest BCUT2D eigenvalue weighted by Crippen LogP contribution is -2.25. The van der Waals surface area contributed by atoms with E-state index >= 15 is 0 Å². The van der Waals surface area contributed by atoms with E-state index < -0.39 is 0 Å². The molecule has 0 spiro atoms. The summed E-state index contributed by atoms with van der Waals surface area (Å²) >= 11 is 2.04. The minimum Gasteiger partial charge on any atom is -0.393 e. The maximum absolute atomic E-state index is 11.6. The summed E-state index contributed by atoms with van der Waals surface area (Å²) in [4.78, 5) is 13.2. The van der Waals surface area contributed by atoms with Crippen LogP contribution in [0.3, 0.4) is 0 Å². The summed E-state index contributed by atoms with van der Waals surface area (Å²) in [5.41, 5.74) is 0. The van der Waals surface area contributed by atoms with E-state index in [2.05, 4.69) is 20.8 Å². The van der Waals surface area contributed by atoms with Crippen molar-refractivity contribution in [2.45, 2.75) is 104 Å². The van der Waals surface area contributed by atoms with Crippen molar-refractivity contribution in [2.24, 2.45) is 11.8 Å². The molecular weight excluding hydrogens is 354 g/mol. The van der Waals surface area contributed by atoms with Gasteiger partial charge in [-0.15, -0.1) is 0 Å². The molecule has 162 valence electrons. The third kappa shape index (κ3) is 15.4. The van der Waals surface area contributed by atoms with Gasteiger partial charge in [0.05, 0.1) is 6.10 Å². The standard InChI is InChI=1S/C23H47NO2S/c1-6-27-19-15-11-7-8-13-17-22(25)21(20(2)3)16-12-9-10-14-18-23(26)24(4)5/h20-22,25H,6-19H2,1-5H3. The van der Waals surface area contributed by atoms with Crippen molar-refractivity contribution in [3.8, 4) is 0 Å². The molecule has 1 amide bonds. The van der Waals surface area contributed by atoms with Crippen LogP contribution in [0.1, 0.15) is 97.8 Å². The average Bonchev–Trinajstić information content (AvgIpc) is 2.62. The molecule has 1 N–H and O–H groups in total. The highest BCUT2D eigenvalue weighted by molar-refractivity contribution is 7.99. The van der Waals surface area contributed by atoms with E-state index in [9.17, 15) is 9.90 Å². The van der Waals surface area contributed by atoms with Gasteiger partial charge in [-0.2, -0.15) is 11.8 Å². The predicted octanol–water partition coefficient (Wildman–Crippen LogP) is 6.14. The second-order valence-corrected chi connectivity index (χ2v) is 9.86. The zero-order chi connectivity index (χ0) is 20.5. The van der Waals surface area contributed by atoms with Gasteiger partial charge in [0.15, 0.2) is 0 Å². The van der Waals surface area contributed by atoms with Crippen molar-refractivity contribution in [3.63, 3.8) is 0 Å². The third-order valence-corrected chi connectivity index (χ3v) is 6.51. The largest absolute Gasteiger partial charge is 0.393 e. The molecule has 0 aliphatic rings. The van der Waals surface area contributed by atoms with E-state index in [1.54, 1.807) is 4.90 Å². The van der Waals surface area contributed by atoms with Crippen molar-refractivity contribution >= 4 is 17.7 Å². The Balaban J connectivity index is 3.79. The van der Waals surface area contributed by atoms with Gasteiger partial charge in [0.25, 0.3) is 0 Å². The Kier molecular flexibility index (Phi) is 17.7. The number of hydrogen-bond donors (Lipinski definition) is 1. The molecule has 27 heavy (non-hydrogen) atoms. The van der Waals surface area contributed by atoms with E-state index in [-0.39, 0.29) is 12.0 Å². The molecule has 0 heterocycles. The molecular formula is C23H47NO2S. The first kappa shape index (κ1) is 26.8. The van der Waals surface area contributed by atoms with E-state index in [0.717, 1.165) is 32.1 Å². The van der Waals surface area contributed by atoms with Crippen LogP contribution in [0.25, 0.3) is 0 Å². The summed E-state index contributed by atoms with van der Waals surface area (Å²) in [7, 11) is 3.64. The minimum atomic E-state index is -0.143. The molecule has 2 unspecified atom stereocenters. The van der Waals surface area contributed by atoms with Crippen molar-refractivity contribution in [3.05, 3.63) is 0 Å². The van der Waals surface area contributed by atoms with Gasteiger partial charge in [-0.25, -0.2) is 0 Å². The molecule has 0 radical (unpaired) electrons. The maximum atomic E-state index is 11.6. The number of rotatable bonds is 18. The number of aliphatic hydroxyl groups is 1. The van der Waals surface area contributed by atoms with Crippen LogP contribution in [0.15, 0.2) is 0 Å². The monoisotopic (exact) mass is 401 g/mol. The number of aliphatic hydroxyl groups excluding tert-OH is 1. The number of carbonyl (C=O) groups excluding carboxylic acids is 1. The number of hydrogen-bond acceptors (Lipinski definition) is 3. The SMILES string of the molecule is CCSCCCCCCCC(O)C(CCCCCCC(=O)N(C)C)C(C)C. The van der Waals surface area contributed by atoms with Crippen LogP contribution in [0, 0.1) is 11.8 Å². The van der Waals surface area contributed by atoms with Crippen LogP contribution in [0.2, 0.25) is 0 Å². The first-order chi connectivity index (χ1) is 12.9. The normalized spacial score (nSPS) is 13.7. The third-order valence-electron chi connectivity index (χ3n) is 5.52. The molecule has 0 aliphatic carbocycles. The fourth-order valence-corrected chi connectivity index (χ4v) is 4.35. The Morgan fingerprint density at radius 2 is 1.44 bits per heavy atom. The molecule has 0 saturated heterocycles. The van der Waals surface area contributed by atoms with Crippen LogP contribution in [-0.2, 0) is 4.79 Å². The molecule has 0 bridgehead atoms. The Bertz CT molecular complexity index is 347. The van der Waals surface area contributed by atoms with E-state index in [1.165, 1.54) is 50.0 Å². The van der Waals surface area contributed by atoms with E-state index in [0.29, 0.717) is 18.3 Å². The highest BCUT2D eigenvalue weighted by atomic mass is 32.2. The van der Waals surface area contributed by atoms with Crippen LogP contribution >= 0.6 is 11.8 Å². The van der Waals surface area contributed by atoms with Crippen molar-refractivity contribution < 1.29 is 9.90 Å². The van der Waals surface area contributed by atoms with Gasteiger partial charge in [0, 0.05) is 20.5 Å². The Hall–Kier alpha value is -0.220. The lowest BCUT2D eigenvalue weighted by Gasteiger charge is -2.26. The van der Waals surface area contributed by atoms with Crippen molar-refractivity contribution in [1.29, 1.82) is 0 Å². The first-order valence-electron chi connectivity index (χ1n) is 11.4. The zero-order valence-corrected chi connectivity index (χ0v) is 19.7. The van der Waals surface area contributed by atoms with Crippen molar-refractivity contribution in [2.75, 3.05) is 25.6 Å². The molecule has 0 aromatic rings. The molecule has 2 atom stereocenters. The highest BCUT2D eigenvalue weighted by Crippen LogP contribution is 2.26. The van der Waals surface area contributed by atoms with Gasteiger partial charge in [-0.3, -0.25) is 4.79 Å². The smallest absolute Gasteiger partial charge is 0.222 e. The molecule has 0 aliphatic heterocycles. The molecule has 0 saturated carbocycles. The Labute approximate surface area is 174 Å². The highest BCUT2D eigenvalue weighted by Gasteiger charge is 2.21.